The van der Waals surface area contributed by atoms with Crippen LogP contribution in [0, 0.1) is 0 Å². The molecule has 2 heterocycles. The molecule has 0 saturated carbocycles. The maximum atomic E-state index is 12.4. The lowest BCUT2D eigenvalue weighted by molar-refractivity contribution is -0.131. The number of pyridine rings is 1. The van der Waals surface area contributed by atoms with Crippen molar-refractivity contribution in [2.45, 2.75) is 52.4 Å². The minimum Gasteiger partial charge on any atom is -0.357 e. The first-order chi connectivity index (χ1) is 10.7. The van der Waals surface area contributed by atoms with E-state index in [2.05, 4.69) is 34.7 Å². The summed E-state index contributed by atoms with van der Waals surface area (Å²) >= 11 is 0. The third kappa shape index (κ3) is 4.72. The molecule has 0 aliphatic carbocycles. The summed E-state index contributed by atoms with van der Waals surface area (Å²) in [6.45, 7) is 8.08. The Morgan fingerprint density at radius 3 is 2.50 bits per heavy atom. The molecular formula is C18H29N3O. The van der Waals surface area contributed by atoms with E-state index in [4.69, 9.17) is 0 Å². The molecule has 0 atom stereocenters. The lowest BCUT2D eigenvalue weighted by atomic mass is 10.1. The topological polar surface area (TPSA) is 36.4 Å². The van der Waals surface area contributed by atoms with Gasteiger partial charge < -0.3 is 9.80 Å². The first-order valence-corrected chi connectivity index (χ1v) is 8.72. The van der Waals surface area contributed by atoms with Gasteiger partial charge in [0, 0.05) is 38.8 Å². The van der Waals surface area contributed by atoms with Crippen LogP contribution < -0.4 is 4.90 Å². The van der Waals surface area contributed by atoms with Crippen LogP contribution in [-0.4, -0.2) is 42.0 Å². The van der Waals surface area contributed by atoms with E-state index in [1.165, 1.54) is 18.4 Å². The minimum atomic E-state index is 0.308. The molecule has 0 N–H and O–H groups in total. The number of aryl methyl sites for hydroxylation is 1. The number of nitrogens with zero attached hydrogens (tertiary/aromatic N) is 3. The van der Waals surface area contributed by atoms with Crippen LogP contribution in [0.3, 0.4) is 0 Å². The third-order valence-corrected chi connectivity index (χ3v) is 4.48. The highest BCUT2D eigenvalue weighted by molar-refractivity contribution is 5.76. The zero-order valence-electron chi connectivity index (χ0n) is 14.1. The molecule has 1 fully saturated rings. The highest BCUT2D eigenvalue weighted by Crippen LogP contribution is 2.15. The number of hydrogen-bond donors (Lipinski definition) is 0. The van der Waals surface area contributed by atoms with Crippen LogP contribution in [0.1, 0.15) is 51.5 Å². The normalized spacial score (nSPS) is 15.5. The highest BCUT2D eigenvalue weighted by atomic mass is 16.2. The van der Waals surface area contributed by atoms with E-state index in [9.17, 15) is 4.79 Å². The van der Waals surface area contributed by atoms with Gasteiger partial charge in [0.2, 0.25) is 5.91 Å². The highest BCUT2D eigenvalue weighted by Gasteiger charge is 2.15. The van der Waals surface area contributed by atoms with Crippen molar-refractivity contribution in [3.63, 3.8) is 0 Å². The zero-order valence-corrected chi connectivity index (χ0v) is 14.1. The molecule has 0 aromatic carbocycles. The SMILES string of the molecule is CCN(CC)c1cc(CCC(=O)N2CCCCCC2)ccn1. The molecule has 1 amide bonds. The molecule has 22 heavy (non-hydrogen) atoms. The summed E-state index contributed by atoms with van der Waals surface area (Å²) < 4.78 is 0. The average Bonchev–Trinajstić information content (AvgIpc) is 2.83. The van der Waals surface area contributed by atoms with Gasteiger partial charge in [0.05, 0.1) is 0 Å². The number of carbonyl (C=O) groups excluding carboxylic acids is 1. The van der Waals surface area contributed by atoms with Gasteiger partial charge in [-0.15, -0.1) is 0 Å². The molecule has 4 heteroatoms. The first kappa shape index (κ1) is 16.8. The molecule has 1 aliphatic heterocycles. The molecule has 122 valence electrons. The number of rotatable bonds is 6. The number of likely N-dealkylation sites (tertiary alicyclic amines) is 1. The Hall–Kier alpha value is -1.58. The van der Waals surface area contributed by atoms with E-state index < -0.39 is 0 Å². The zero-order chi connectivity index (χ0) is 15.8. The van der Waals surface area contributed by atoms with Crippen LogP contribution in [0.25, 0.3) is 0 Å². The standard InChI is InChI=1S/C18H29N3O/c1-3-20(4-2)17-15-16(11-12-19-17)9-10-18(22)21-13-7-5-6-8-14-21/h11-12,15H,3-10,13-14H2,1-2H3. The van der Waals surface area contributed by atoms with Crippen molar-refractivity contribution in [2.24, 2.45) is 0 Å². The van der Waals surface area contributed by atoms with Crippen molar-refractivity contribution in [1.29, 1.82) is 0 Å². The fourth-order valence-corrected chi connectivity index (χ4v) is 3.07. The van der Waals surface area contributed by atoms with Crippen LogP contribution in [0.4, 0.5) is 5.82 Å². The van der Waals surface area contributed by atoms with Crippen molar-refractivity contribution < 1.29 is 4.79 Å². The number of hydrogen-bond acceptors (Lipinski definition) is 3. The van der Waals surface area contributed by atoms with Gasteiger partial charge in [0.15, 0.2) is 0 Å². The van der Waals surface area contributed by atoms with Gasteiger partial charge in [0.25, 0.3) is 0 Å². The minimum absolute atomic E-state index is 0.308. The van der Waals surface area contributed by atoms with E-state index in [-0.39, 0.29) is 0 Å². The number of amides is 1. The molecule has 1 saturated heterocycles. The lowest BCUT2D eigenvalue weighted by Gasteiger charge is -2.21. The van der Waals surface area contributed by atoms with Crippen molar-refractivity contribution in [1.82, 2.24) is 9.88 Å². The lowest BCUT2D eigenvalue weighted by Crippen LogP contribution is -2.31. The van der Waals surface area contributed by atoms with E-state index in [0.29, 0.717) is 12.3 Å². The summed E-state index contributed by atoms with van der Waals surface area (Å²) in [5.74, 6) is 1.33. The predicted octanol–water partition coefficient (Wildman–Crippen LogP) is 3.26. The maximum Gasteiger partial charge on any atom is 0.222 e. The Balaban J connectivity index is 1.90. The van der Waals surface area contributed by atoms with E-state index in [0.717, 1.165) is 51.3 Å². The van der Waals surface area contributed by atoms with E-state index in [1.807, 2.05) is 12.3 Å². The molecule has 0 bridgehead atoms. The molecular weight excluding hydrogens is 274 g/mol. The maximum absolute atomic E-state index is 12.4. The number of aromatic nitrogens is 1. The third-order valence-electron chi connectivity index (χ3n) is 4.48. The van der Waals surface area contributed by atoms with Gasteiger partial charge in [-0.3, -0.25) is 4.79 Å². The number of carbonyl (C=O) groups is 1. The van der Waals surface area contributed by atoms with Gasteiger partial charge >= 0.3 is 0 Å². The molecule has 0 radical (unpaired) electrons. The second kappa shape index (κ2) is 8.76. The van der Waals surface area contributed by atoms with Gasteiger partial charge in [-0.2, -0.15) is 0 Å². The first-order valence-electron chi connectivity index (χ1n) is 8.72. The van der Waals surface area contributed by atoms with Gasteiger partial charge in [-0.05, 0) is 50.8 Å². The van der Waals surface area contributed by atoms with E-state index >= 15 is 0 Å². The molecule has 1 aromatic heterocycles. The summed E-state index contributed by atoms with van der Waals surface area (Å²) in [6, 6.07) is 4.16. The predicted molar refractivity (Wildman–Crippen MR) is 91.2 cm³/mol. The Labute approximate surface area is 134 Å². The summed E-state index contributed by atoms with van der Waals surface area (Å²) in [7, 11) is 0. The average molecular weight is 303 g/mol. The summed E-state index contributed by atoms with van der Waals surface area (Å²) in [4.78, 5) is 21.1. The second-order valence-electron chi connectivity index (χ2n) is 5.99. The van der Waals surface area contributed by atoms with Gasteiger partial charge in [-0.25, -0.2) is 4.98 Å². The Kier molecular flexibility index (Phi) is 6.69. The smallest absolute Gasteiger partial charge is 0.222 e. The van der Waals surface area contributed by atoms with Crippen LogP contribution in [0.2, 0.25) is 0 Å². The summed E-state index contributed by atoms with van der Waals surface area (Å²) in [5, 5.41) is 0. The van der Waals surface area contributed by atoms with Crippen LogP contribution in [-0.2, 0) is 11.2 Å². The Bertz CT molecular complexity index is 463. The second-order valence-corrected chi connectivity index (χ2v) is 5.99. The van der Waals surface area contributed by atoms with Crippen LogP contribution in [0.15, 0.2) is 18.3 Å². The van der Waals surface area contributed by atoms with Gasteiger partial charge in [0.1, 0.15) is 5.82 Å². The summed E-state index contributed by atoms with van der Waals surface area (Å²) in [5.41, 5.74) is 1.21. The van der Waals surface area contributed by atoms with Crippen molar-refractivity contribution in [3.8, 4) is 0 Å². The molecule has 0 unspecified atom stereocenters. The number of anilines is 1. The largest absolute Gasteiger partial charge is 0.357 e. The molecule has 1 aliphatic rings. The fourth-order valence-electron chi connectivity index (χ4n) is 3.07. The van der Waals surface area contributed by atoms with Crippen LogP contribution in [0.5, 0.6) is 0 Å². The van der Waals surface area contributed by atoms with Crippen molar-refractivity contribution >= 4 is 11.7 Å². The Morgan fingerprint density at radius 2 is 1.86 bits per heavy atom. The molecule has 2 rings (SSSR count). The fraction of sp³-hybridized carbons (Fsp3) is 0.667. The molecule has 0 spiro atoms. The molecule has 4 nitrogen and oxygen atoms in total. The summed E-state index contributed by atoms with van der Waals surface area (Å²) in [6.07, 6.45) is 8.14. The monoisotopic (exact) mass is 303 g/mol. The van der Waals surface area contributed by atoms with Crippen molar-refractivity contribution in [2.75, 3.05) is 31.1 Å². The van der Waals surface area contributed by atoms with Crippen LogP contribution >= 0.6 is 0 Å². The van der Waals surface area contributed by atoms with Crippen molar-refractivity contribution in [3.05, 3.63) is 23.9 Å². The quantitative estimate of drug-likeness (QED) is 0.809. The van der Waals surface area contributed by atoms with E-state index in [1.54, 1.807) is 0 Å². The van der Waals surface area contributed by atoms with Gasteiger partial charge in [-0.1, -0.05) is 12.8 Å². The molecule has 1 aromatic rings. The Morgan fingerprint density at radius 1 is 1.18 bits per heavy atom.